The van der Waals surface area contributed by atoms with E-state index in [4.69, 9.17) is 11.5 Å². The largest absolute Gasteiger partial charge is 0.368 e. The quantitative estimate of drug-likeness (QED) is 0.790. The Morgan fingerprint density at radius 3 is 2.26 bits per heavy atom. The summed E-state index contributed by atoms with van der Waals surface area (Å²) in [4.78, 5) is 24.8. The van der Waals surface area contributed by atoms with Crippen molar-refractivity contribution in [1.29, 1.82) is 0 Å². The van der Waals surface area contributed by atoms with E-state index in [1.165, 1.54) is 4.90 Å². The maximum Gasteiger partial charge on any atom is 0.244 e. The molecule has 1 aromatic rings. The molecule has 0 saturated carbocycles. The highest BCUT2D eigenvalue weighted by Gasteiger charge is 2.24. The summed E-state index contributed by atoms with van der Waals surface area (Å²) >= 11 is 0. The van der Waals surface area contributed by atoms with Crippen molar-refractivity contribution in [3.8, 4) is 0 Å². The van der Waals surface area contributed by atoms with Crippen LogP contribution >= 0.6 is 0 Å². The molecule has 0 saturated heterocycles. The Kier molecular flexibility index (Phi) is 5.51. The standard InChI is InChI=1S/C14H21N3O2/c1-10(2)8-17(9-12(15)18)14(19)13(16)11-6-4-3-5-7-11/h3-7,10,13H,8-9,16H2,1-2H3,(H2,15,18)/t13-/m1/s1. The van der Waals surface area contributed by atoms with Crippen molar-refractivity contribution in [2.75, 3.05) is 13.1 Å². The molecule has 0 spiro atoms. The maximum atomic E-state index is 12.3. The third kappa shape index (κ3) is 4.71. The molecular formula is C14H21N3O2. The monoisotopic (exact) mass is 263 g/mol. The molecule has 0 aliphatic heterocycles. The van der Waals surface area contributed by atoms with E-state index in [2.05, 4.69) is 0 Å². The highest BCUT2D eigenvalue weighted by molar-refractivity contribution is 5.87. The summed E-state index contributed by atoms with van der Waals surface area (Å²) in [6, 6.07) is 8.32. The number of carbonyl (C=O) groups excluding carboxylic acids is 2. The van der Waals surface area contributed by atoms with E-state index < -0.39 is 11.9 Å². The van der Waals surface area contributed by atoms with Crippen LogP contribution in [0.25, 0.3) is 0 Å². The lowest BCUT2D eigenvalue weighted by Gasteiger charge is -2.26. The van der Waals surface area contributed by atoms with Crippen LogP contribution in [0.3, 0.4) is 0 Å². The molecule has 1 aromatic carbocycles. The lowest BCUT2D eigenvalue weighted by Crippen LogP contribution is -2.44. The van der Waals surface area contributed by atoms with E-state index in [0.29, 0.717) is 6.54 Å². The Morgan fingerprint density at radius 2 is 1.79 bits per heavy atom. The molecule has 2 amide bonds. The minimum atomic E-state index is -0.765. The summed E-state index contributed by atoms with van der Waals surface area (Å²) in [6.45, 7) is 4.30. The van der Waals surface area contributed by atoms with Crippen LogP contribution in [0.2, 0.25) is 0 Å². The van der Waals surface area contributed by atoms with Gasteiger partial charge in [-0.2, -0.15) is 0 Å². The molecule has 0 heterocycles. The fourth-order valence-corrected chi connectivity index (χ4v) is 1.86. The van der Waals surface area contributed by atoms with Gasteiger partial charge >= 0.3 is 0 Å². The third-order valence-electron chi connectivity index (χ3n) is 2.67. The Balaban J connectivity index is 2.83. The zero-order chi connectivity index (χ0) is 14.4. The smallest absolute Gasteiger partial charge is 0.244 e. The lowest BCUT2D eigenvalue weighted by atomic mass is 10.1. The fourth-order valence-electron chi connectivity index (χ4n) is 1.86. The summed E-state index contributed by atoms with van der Waals surface area (Å²) in [6.07, 6.45) is 0. The van der Waals surface area contributed by atoms with Crippen molar-refractivity contribution in [2.24, 2.45) is 17.4 Å². The fraction of sp³-hybridized carbons (Fsp3) is 0.429. The SMILES string of the molecule is CC(C)CN(CC(N)=O)C(=O)[C@H](N)c1ccccc1. The molecule has 19 heavy (non-hydrogen) atoms. The third-order valence-corrected chi connectivity index (χ3v) is 2.67. The van der Waals surface area contributed by atoms with E-state index in [1.807, 2.05) is 32.0 Å². The van der Waals surface area contributed by atoms with Gasteiger partial charge in [0.25, 0.3) is 0 Å². The van der Waals surface area contributed by atoms with Crippen molar-refractivity contribution >= 4 is 11.8 Å². The molecule has 5 nitrogen and oxygen atoms in total. The summed E-state index contributed by atoms with van der Waals surface area (Å²) in [7, 11) is 0. The number of hydrogen-bond donors (Lipinski definition) is 2. The van der Waals surface area contributed by atoms with E-state index in [9.17, 15) is 9.59 Å². The zero-order valence-corrected chi connectivity index (χ0v) is 11.4. The van der Waals surface area contributed by atoms with Crippen molar-refractivity contribution in [1.82, 2.24) is 4.90 Å². The van der Waals surface area contributed by atoms with Crippen LogP contribution in [0.5, 0.6) is 0 Å². The first-order valence-electron chi connectivity index (χ1n) is 6.29. The predicted octanol–water partition coefficient (Wildman–Crippen LogP) is 0.656. The molecule has 5 heteroatoms. The number of carbonyl (C=O) groups is 2. The van der Waals surface area contributed by atoms with Crippen LogP contribution in [0, 0.1) is 5.92 Å². The summed E-state index contributed by atoms with van der Waals surface area (Å²) in [5.74, 6) is -0.570. The minimum absolute atomic E-state index is 0.0997. The maximum absolute atomic E-state index is 12.3. The van der Waals surface area contributed by atoms with Gasteiger partial charge in [0.2, 0.25) is 11.8 Å². The van der Waals surface area contributed by atoms with Gasteiger partial charge in [-0.05, 0) is 11.5 Å². The van der Waals surface area contributed by atoms with Crippen LogP contribution in [0.4, 0.5) is 0 Å². The molecule has 0 aliphatic rings. The van der Waals surface area contributed by atoms with Crippen LogP contribution in [-0.2, 0) is 9.59 Å². The average Bonchev–Trinajstić information content (AvgIpc) is 2.36. The number of rotatable bonds is 6. The summed E-state index contributed by atoms with van der Waals surface area (Å²) in [5, 5.41) is 0. The number of amides is 2. The molecular weight excluding hydrogens is 242 g/mol. The molecule has 0 fully saturated rings. The topological polar surface area (TPSA) is 89.4 Å². The van der Waals surface area contributed by atoms with Crippen molar-refractivity contribution < 1.29 is 9.59 Å². The first kappa shape index (κ1) is 15.2. The number of primary amides is 1. The summed E-state index contributed by atoms with van der Waals surface area (Å²) in [5.41, 5.74) is 11.8. The molecule has 0 radical (unpaired) electrons. The predicted molar refractivity (Wildman–Crippen MR) is 74.0 cm³/mol. The van der Waals surface area contributed by atoms with E-state index >= 15 is 0 Å². The normalized spacial score (nSPS) is 12.2. The highest BCUT2D eigenvalue weighted by Crippen LogP contribution is 2.13. The lowest BCUT2D eigenvalue weighted by molar-refractivity contribution is -0.137. The van der Waals surface area contributed by atoms with Crippen LogP contribution in [0.15, 0.2) is 30.3 Å². The summed E-state index contributed by atoms with van der Waals surface area (Å²) < 4.78 is 0. The van der Waals surface area contributed by atoms with Gasteiger partial charge < -0.3 is 16.4 Å². The molecule has 1 atom stereocenters. The van der Waals surface area contributed by atoms with Crippen LogP contribution in [0.1, 0.15) is 25.5 Å². The molecule has 0 aromatic heterocycles. The van der Waals surface area contributed by atoms with Gasteiger partial charge in [-0.25, -0.2) is 0 Å². The number of nitrogens with zero attached hydrogens (tertiary/aromatic N) is 1. The Morgan fingerprint density at radius 1 is 1.21 bits per heavy atom. The van der Waals surface area contributed by atoms with E-state index in [0.717, 1.165) is 5.56 Å². The van der Waals surface area contributed by atoms with E-state index in [-0.39, 0.29) is 18.4 Å². The second kappa shape index (κ2) is 6.89. The van der Waals surface area contributed by atoms with Gasteiger partial charge in [0.05, 0.1) is 6.54 Å². The molecule has 4 N–H and O–H groups in total. The van der Waals surface area contributed by atoms with Gasteiger partial charge in [0.15, 0.2) is 0 Å². The number of nitrogens with two attached hydrogens (primary N) is 2. The molecule has 0 unspecified atom stereocenters. The highest BCUT2D eigenvalue weighted by atomic mass is 16.2. The van der Waals surface area contributed by atoms with E-state index in [1.54, 1.807) is 12.1 Å². The van der Waals surface area contributed by atoms with Gasteiger partial charge in [-0.1, -0.05) is 44.2 Å². The Labute approximate surface area is 113 Å². The number of benzene rings is 1. The average molecular weight is 263 g/mol. The minimum Gasteiger partial charge on any atom is -0.368 e. The molecule has 0 bridgehead atoms. The van der Waals surface area contributed by atoms with Gasteiger partial charge in [-0.3, -0.25) is 9.59 Å². The second-order valence-corrected chi connectivity index (χ2v) is 4.97. The van der Waals surface area contributed by atoms with Gasteiger partial charge in [0.1, 0.15) is 6.04 Å². The molecule has 1 rings (SSSR count). The number of hydrogen-bond acceptors (Lipinski definition) is 3. The van der Waals surface area contributed by atoms with Crippen molar-refractivity contribution in [2.45, 2.75) is 19.9 Å². The van der Waals surface area contributed by atoms with Crippen LogP contribution < -0.4 is 11.5 Å². The Hall–Kier alpha value is -1.88. The first-order valence-corrected chi connectivity index (χ1v) is 6.29. The Bertz CT molecular complexity index is 432. The van der Waals surface area contributed by atoms with Gasteiger partial charge in [-0.15, -0.1) is 0 Å². The van der Waals surface area contributed by atoms with Gasteiger partial charge in [0, 0.05) is 6.54 Å². The van der Waals surface area contributed by atoms with Crippen molar-refractivity contribution in [3.05, 3.63) is 35.9 Å². The second-order valence-electron chi connectivity index (χ2n) is 4.97. The molecule has 0 aliphatic carbocycles. The van der Waals surface area contributed by atoms with Crippen LogP contribution in [-0.4, -0.2) is 29.8 Å². The molecule has 104 valence electrons. The van der Waals surface area contributed by atoms with Crippen molar-refractivity contribution in [3.63, 3.8) is 0 Å². The first-order chi connectivity index (χ1) is 8.91. The zero-order valence-electron chi connectivity index (χ0n) is 11.4.